The summed E-state index contributed by atoms with van der Waals surface area (Å²) < 4.78 is 0. The van der Waals surface area contributed by atoms with Crippen molar-refractivity contribution in [2.75, 3.05) is 0 Å². The maximum Gasteiger partial charge on any atom is 0.323 e. The van der Waals surface area contributed by atoms with Crippen LogP contribution in [0.1, 0.15) is 66.2 Å². The predicted molar refractivity (Wildman–Crippen MR) is 67.7 cm³/mol. The molecule has 0 aromatic heterocycles. The molecule has 0 fully saturated rings. The van der Waals surface area contributed by atoms with Crippen LogP contribution in [0.25, 0.3) is 0 Å². The van der Waals surface area contributed by atoms with Crippen molar-refractivity contribution in [2.45, 2.75) is 77.8 Å². The predicted octanol–water partition coefficient (Wildman–Crippen LogP) is 3.19. The van der Waals surface area contributed by atoms with Crippen molar-refractivity contribution in [1.29, 1.82) is 0 Å². The number of aliphatic carboxylic acids is 1. The van der Waals surface area contributed by atoms with Gasteiger partial charge in [-0.1, -0.05) is 39.0 Å². The van der Waals surface area contributed by atoms with Crippen LogP contribution in [0.2, 0.25) is 0 Å². The SMILES string of the molecule is CCCCCCCC(C)(NC(C)C)C(=O)O. The topological polar surface area (TPSA) is 49.3 Å². The molecule has 0 aliphatic heterocycles. The van der Waals surface area contributed by atoms with Crippen LogP contribution in [0.4, 0.5) is 0 Å². The van der Waals surface area contributed by atoms with E-state index in [1.54, 1.807) is 6.92 Å². The van der Waals surface area contributed by atoms with E-state index < -0.39 is 11.5 Å². The van der Waals surface area contributed by atoms with Crippen molar-refractivity contribution >= 4 is 5.97 Å². The number of nitrogens with one attached hydrogen (secondary N) is 1. The molecule has 96 valence electrons. The molecule has 0 bridgehead atoms. The largest absolute Gasteiger partial charge is 0.480 e. The lowest BCUT2D eigenvalue weighted by Gasteiger charge is -2.28. The first-order valence-corrected chi connectivity index (χ1v) is 6.43. The fourth-order valence-electron chi connectivity index (χ4n) is 1.96. The van der Waals surface area contributed by atoms with E-state index in [9.17, 15) is 9.90 Å². The van der Waals surface area contributed by atoms with Crippen LogP contribution in [0.15, 0.2) is 0 Å². The van der Waals surface area contributed by atoms with Gasteiger partial charge in [-0.2, -0.15) is 0 Å². The van der Waals surface area contributed by atoms with Crippen molar-refractivity contribution in [2.24, 2.45) is 0 Å². The molecular formula is C13H27NO2. The van der Waals surface area contributed by atoms with Crippen molar-refractivity contribution in [1.82, 2.24) is 5.32 Å². The standard InChI is InChI=1S/C13H27NO2/c1-5-6-7-8-9-10-13(4,12(15)16)14-11(2)3/h11,14H,5-10H2,1-4H3,(H,15,16). The van der Waals surface area contributed by atoms with E-state index in [2.05, 4.69) is 12.2 Å². The molecule has 3 heteroatoms. The van der Waals surface area contributed by atoms with Gasteiger partial charge in [0.05, 0.1) is 0 Å². The molecule has 0 aliphatic carbocycles. The van der Waals surface area contributed by atoms with Crippen molar-refractivity contribution in [3.05, 3.63) is 0 Å². The molecular weight excluding hydrogens is 202 g/mol. The Balaban J connectivity index is 3.98. The maximum atomic E-state index is 11.2. The van der Waals surface area contributed by atoms with E-state index in [0.717, 1.165) is 12.8 Å². The average molecular weight is 229 g/mol. The molecule has 0 saturated carbocycles. The van der Waals surface area contributed by atoms with Crippen LogP contribution in [-0.2, 0) is 4.79 Å². The fourth-order valence-corrected chi connectivity index (χ4v) is 1.96. The fraction of sp³-hybridized carbons (Fsp3) is 0.923. The molecule has 16 heavy (non-hydrogen) atoms. The van der Waals surface area contributed by atoms with E-state index in [1.165, 1.54) is 19.3 Å². The summed E-state index contributed by atoms with van der Waals surface area (Å²) in [6.07, 6.45) is 6.53. The Hall–Kier alpha value is -0.570. The summed E-state index contributed by atoms with van der Waals surface area (Å²) in [7, 11) is 0. The molecule has 0 amide bonds. The Kier molecular flexibility index (Phi) is 7.39. The van der Waals surface area contributed by atoms with Crippen LogP contribution in [0.3, 0.4) is 0 Å². The number of carbonyl (C=O) groups is 1. The molecule has 2 N–H and O–H groups in total. The van der Waals surface area contributed by atoms with Gasteiger partial charge >= 0.3 is 5.97 Å². The summed E-state index contributed by atoms with van der Waals surface area (Å²) in [4.78, 5) is 11.2. The summed E-state index contributed by atoms with van der Waals surface area (Å²) in [6.45, 7) is 7.94. The highest BCUT2D eigenvalue weighted by Gasteiger charge is 2.32. The third kappa shape index (κ3) is 6.11. The number of rotatable bonds is 9. The van der Waals surface area contributed by atoms with Gasteiger partial charge in [-0.05, 0) is 27.2 Å². The Morgan fingerprint density at radius 2 is 1.81 bits per heavy atom. The van der Waals surface area contributed by atoms with Crippen molar-refractivity contribution in [3.63, 3.8) is 0 Å². The molecule has 0 aromatic rings. The van der Waals surface area contributed by atoms with E-state index in [0.29, 0.717) is 6.42 Å². The second-order valence-corrected chi connectivity index (χ2v) is 5.10. The molecule has 0 heterocycles. The molecule has 0 rings (SSSR count). The van der Waals surface area contributed by atoms with Gasteiger partial charge in [0.2, 0.25) is 0 Å². The number of carboxylic acids is 1. The Bertz CT molecular complexity index is 204. The number of unbranched alkanes of at least 4 members (excludes halogenated alkanes) is 4. The summed E-state index contributed by atoms with van der Waals surface area (Å²) in [6, 6.07) is 0.205. The van der Waals surface area contributed by atoms with E-state index >= 15 is 0 Å². The minimum atomic E-state index is -0.764. The van der Waals surface area contributed by atoms with E-state index in [4.69, 9.17) is 0 Å². The minimum Gasteiger partial charge on any atom is -0.480 e. The number of hydrogen-bond donors (Lipinski definition) is 2. The molecule has 0 aromatic carbocycles. The lowest BCUT2D eigenvalue weighted by atomic mass is 9.93. The highest BCUT2D eigenvalue weighted by molar-refractivity contribution is 5.78. The quantitative estimate of drug-likeness (QED) is 0.597. The zero-order valence-electron chi connectivity index (χ0n) is 11.2. The summed E-state index contributed by atoms with van der Waals surface area (Å²) in [5, 5.41) is 12.4. The van der Waals surface area contributed by atoms with Gasteiger partial charge in [-0.3, -0.25) is 10.1 Å². The van der Waals surface area contributed by atoms with Gasteiger partial charge in [-0.15, -0.1) is 0 Å². The molecule has 0 aliphatic rings. The summed E-state index contributed by atoms with van der Waals surface area (Å²) >= 11 is 0. The van der Waals surface area contributed by atoms with E-state index in [-0.39, 0.29) is 6.04 Å². The first-order valence-electron chi connectivity index (χ1n) is 6.43. The Morgan fingerprint density at radius 1 is 1.25 bits per heavy atom. The van der Waals surface area contributed by atoms with Crippen molar-refractivity contribution < 1.29 is 9.90 Å². The van der Waals surface area contributed by atoms with Gasteiger partial charge in [-0.25, -0.2) is 0 Å². The van der Waals surface area contributed by atoms with Gasteiger partial charge in [0.1, 0.15) is 5.54 Å². The average Bonchev–Trinajstić information content (AvgIpc) is 2.16. The van der Waals surface area contributed by atoms with Crippen LogP contribution in [0.5, 0.6) is 0 Å². The second-order valence-electron chi connectivity index (χ2n) is 5.10. The molecule has 1 atom stereocenters. The van der Waals surface area contributed by atoms with Gasteiger partial charge in [0.25, 0.3) is 0 Å². The zero-order chi connectivity index (χ0) is 12.6. The summed E-state index contributed by atoms with van der Waals surface area (Å²) in [5.41, 5.74) is -0.764. The minimum absolute atomic E-state index is 0.205. The highest BCUT2D eigenvalue weighted by Crippen LogP contribution is 2.17. The van der Waals surface area contributed by atoms with Crippen LogP contribution >= 0.6 is 0 Å². The first-order chi connectivity index (χ1) is 7.42. The van der Waals surface area contributed by atoms with Gasteiger partial charge < -0.3 is 5.11 Å². The van der Waals surface area contributed by atoms with Crippen LogP contribution < -0.4 is 5.32 Å². The monoisotopic (exact) mass is 229 g/mol. The third-order valence-corrected chi connectivity index (χ3v) is 2.86. The van der Waals surface area contributed by atoms with Crippen molar-refractivity contribution in [3.8, 4) is 0 Å². The lowest BCUT2D eigenvalue weighted by Crippen LogP contribution is -2.52. The Morgan fingerprint density at radius 3 is 2.25 bits per heavy atom. The van der Waals surface area contributed by atoms with E-state index in [1.807, 2.05) is 13.8 Å². The number of hydrogen-bond acceptors (Lipinski definition) is 2. The number of carboxylic acid groups (broad SMARTS) is 1. The molecule has 0 spiro atoms. The molecule has 1 unspecified atom stereocenters. The smallest absolute Gasteiger partial charge is 0.323 e. The maximum absolute atomic E-state index is 11.2. The third-order valence-electron chi connectivity index (χ3n) is 2.86. The van der Waals surface area contributed by atoms with Gasteiger partial charge in [0.15, 0.2) is 0 Å². The normalized spacial score (nSPS) is 15.1. The van der Waals surface area contributed by atoms with Crippen LogP contribution in [-0.4, -0.2) is 22.7 Å². The molecule has 3 nitrogen and oxygen atoms in total. The highest BCUT2D eigenvalue weighted by atomic mass is 16.4. The summed E-state index contributed by atoms with van der Waals surface area (Å²) in [5.74, 6) is -0.739. The van der Waals surface area contributed by atoms with Gasteiger partial charge in [0, 0.05) is 6.04 Å². The molecule has 0 radical (unpaired) electrons. The zero-order valence-corrected chi connectivity index (χ0v) is 11.2. The lowest BCUT2D eigenvalue weighted by molar-refractivity contribution is -0.144. The molecule has 0 saturated heterocycles. The second kappa shape index (κ2) is 7.66. The Labute approximate surface area is 99.6 Å². The first kappa shape index (κ1) is 15.4. The van der Waals surface area contributed by atoms with Crippen LogP contribution in [0, 0.1) is 0 Å².